The first-order chi connectivity index (χ1) is 14.5. The van der Waals surface area contributed by atoms with Crippen LogP contribution in [-0.4, -0.2) is 8.42 Å². The van der Waals surface area contributed by atoms with E-state index in [0.29, 0.717) is 9.79 Å². The van der Waals surface area contributed by atoms with Gasteiger partial charge in [-0.1, -0.05) is 41.7 Å². The van der Waals surface area contributed by atoms with Gasteiger partial charge < -0.3 is 0 Å². The van der Waals surface area contributed by atoms with E-state index in [2.05, 4.69) is 49.0 Å². The molecule has 0 aromatic heterocycles. The maximum atomic E-state index is 12.7. The molecule has 4 aromatic rings. The van der Waals surface area contributed by atoms with Crippen LogP contribution in [0.2, 0.25) is 0 Å². The summed E-state index contributed by atoms with van der Waals surface area (Å²) in [5, 5.41) is 0. The van der Waals surface area contributed by atoms with Crippen LogP contribution in [0.4, 0.5) is 0 Å². The predicted octanol–water partition coefficient (Wildman–Crippen LogP) is 7.11. The monoisotopic (exact) mass is 466 g/mol. The van der Waals surface area contributed by atoms with E-state index in [4.69, 9.17) is 0 Å². The fourth-order valence-electron chi connectivity index (χ4n) is 2.78. The summed E-state index contributed by atoms with van der Waals surface area (Å²) in [5.41, 5.74) is 0. The Morgan fingerprint density at radius 3 is 1.33 bits per heavy atom. The summed E-state index contributed by atoms with van der Waals surface area (Å²) in [6.45, 7) is 0. The van der Waals surface area contributed by atoms with Gasteiger partial charge in [0.05, 0.1) is 9.79 Å². The van der Waals surface area contributed by atoms with Crippen molar-refractivity contribution < 1.29 is 8.42 Å². The summed E-state index contributed by atoms with van der Waals surface area (Å²) in [4.78, 5) is 5.99. The highest BCUT2D eigenvalue weighted by Gasteiger charge is 2.16. The molecular weight excluding hydrogens is 449 g/mol. The van der Waals surface area contributed by atoms with E-state index in [1.54, 1.807) is 66.0 Å². The smallest absolute Gasteiger partial charge is 0.206 e. The molecule has 0 amide bonds. The molecule has 0 radical (unpaired) electrons. The predicted molar refractivity (Wildman–Crippen MR) is 127 cm³/mol. The highest BCUT2D eigenvalue weighted by atomic mass is 32.2. The highest BCUT2D eigenvalue weighted by Crippen LogP contribution is 2.33. The van der Waals surface area contributed by atoms with E-state index in [-0.39, 0.29) is 0 Å². The molecule has 0 aliphatic carbocycles. The van der Waals surface area contributed by atoms with Crippen LogP contribution >= 0.6 is 36.2 Å². The molecule has 0 saturated carbocycles. The molecule has 150 valence electrons. The summed E-state index contributed by atoms with van der Waals surface area (Å²) in [6.07, 6.45) is 0. The van der Waals surface area contributed by atoms with Crippen molar-refractivity contribution >= 4 is 46.0 Å². The Morgan fingerprint density at radius 2 is 0.867 bits per heavy atom. The Bertz CT molecular complexity index is 1220. The number of hydrogen-bond donors (Lipinski definition) is 1. The lowest BCUT2D eigenvalue weighted by atomic mass is 10.4. The van der Waals surface area contributed by atoms with Gasteiger partial charge in [-0.2, -0.15) is 0 Å². The second-order valence-electron chi connectivity index (χ2n) is 6.46. The van der Waals surface area contributed by atoms with Crippen LogP contribution in [0.25, 0.3) is 0 Å². The molecule has 0 heterocycles. The van der Waals surface area contributed by atoms with Crippen LogP contribution < -0.4 is 0 Å². The third-order valence-corrected chi connectivity index (χ3v) is 8.43. The second kappa shape index (κ2) is 9.35. The number of benzene rings is 4. The molecule has 4 rings (SSSR count). The van der Waals surface area contributed by atoms with Crippen molar-refractivity contribution in [2.75, 3.05) is 0 Å². The molecule has 0 spiro atoms. The molecule has 2 nitrogen and oxygen atoms in total. The van der Waals surface area contributed by atoms with Crippen molar-refractivity contribution in [3.8, 4) is 0 Å². The van der Waals surface area contributed by atoms with Crippen molar-refractivity contribution in [2.45, 2.75) is 34.3 Å². The quantitative estimate of drug-likeness (QED) is 0.307. The van der Waals surface area contributed by atoms with Gasteiger partial charge in [-0.3, -0.25) is 0 Å². The largest absolute Gasteiger partial charge is 0.219 e. The maximum Gasteiger partial charge on any atom is 0.206 e. The fraction of sp³-hybridized carbons (Fsp3) is 0. The lowest BCUT2D eigenvalue weighted by molar-refractivity contribution is 0.596. The van der Waals surface area contributed by atoms with Gasteiger partial charge >= 0.3 is 0 Å². The first-order valence-corrected chi connectivity index (χ1v) is 12.7. The third kappa shape index (κ3) is 5.13. The summed E-state index contributed by atoms with van der Waals surface area (Å²) >= 11 is 7.62. The minimum atomic E-state index is -3.48. The molecule has 0 N–H and O–H groups in total. The Labute approximate surface area is 191 Å². The SMILES string of the molecule is O=S(=O)(c1ccccc1)c1ccc(Sc2ccc(Sc3ccc(S)cc3)cc2)cc1. The van der Waals surface area contributed by atoms with E-state index in [1.165, 1.54) is 4.90 Å². The number of hydrogen-bond acceptors (Lipinski definition) is 5. The molecule has 6 heteroatoms. The van der Waals surface area contributed by atoms with Gasteiger partial charge in [-0.25, -0.2) is 8.42 Å². The summed E-state index contributed by atoms with van der Waals surface area (Å²) in [7, 11) is -3.48. The Kier molecular flexibility index (Phi) is 6.58. The fourth-order valence-corrected chi connectivity index (χ4v) is 5.85. The van der Waals surface area contributed by atoms with Gasteiger partial charge in [0.25, 0.3) is 0 Å². The van der Waals surface area contributed by atoms with Crippen LogP contribution in [-0.2, 0) is 9.84 Å². The van der Waals surface area contributed by atoms with E-state index in [0.717, 1.165) is 19.6 Å². The van der Waals surface area contributed by atoms with Crippen LogP contribution in [0.1, 0.15) is 0 Å². The lowest BCUT2D eigenvalue weighted by Gasteiger charge is -2.07. The molecule has 0 bridgehead atoms. The molecular formula is C24H18O2S4. The maximum absolute atomic E-state index is 12.7. The van der Waals surface area contributed by atoms with Crippen LogP contribution in [0.15, 0.2) is 137 Å². The van der Waals surface area contributed by atoms with E-state index in [9.17, 15) is 8.42 Å². The third-order valence-electron chi connectivity index (χ3n) is 4.32. The topological polar surface area (TPSA) is 34.1 Å². The van der Waals surface area contributed by atoms with Crippen molar-refractivity contribution in [3.05, 3.63) is 103 Å². The first kappa shape index (κ1) is 21.1. The van der Waals surface area contributed by atoms with E-state index >= 15 is 0 Å². The second-order valence-corrected chi connectivity index (χ2v) is 11.2. The van der Waals surface area contributed by atoms with Gasteiger partial charge in [0.2, 0.25) is 9.84 Å². The van der Waals surface area contributed by atoms with Crippen molar-refractivity contribution in [3.63, 3.8) is 0 Å². The molecule has 0 unspecified atom stereocenters. The van der Waals surface area contributed by atoms with Gasteiger partial charge in [0, 0.05) is 24.5 Å². The minimum absolute atomic E-state index is 0.303. The zero-order valence-corrected chi connectivity index (χ0v) is 19.1. The van der Waals surface area contributed by atoms with Crippen LogP contribution in [0.3, 0.4) is 0 Å². The lowest BCUT2D eigenvalue weighted by Crippen LogP contribution is -2.01. The Balaban J connectivity index is 1.44. The number of sulfone groups is 1. The van der Waals surface area contributed by atoms with Crippen molar-refractivity contribution in [1.29, 1.82) is 0 Å². The Morgan fingerprint density at radius 1 is 0.500 bits per heavy atom. The van der Waals surface area contributed by atoms with E-state index in [1.807, 2.05) is 24.3 Å². The summed E-state index contributed by atoms with van der Waals surface area (Å²) in [5.74, 6) is 0. The average molecular weight is 467 g/mol. The minimum Gasteiger partial charge on any atom is -0.219 e. The van der Waals surface area contributed by atoms with Gasteiger partial charge in [-0.05, 0) is 84.9 Å². The number of thiol groups is 1. The summed E-state index contributed by atoms with van der Waals surface area (Å²) in [6, 6.07) is 32.0. The highest BCUT2D eigenvalue weighted by molar-refractivity contribution is 7.99. The van der Waals surface area contributed by atoms with Crippen LogP contribution in [0, 0.1) is 0 Å². The zero-order chi connectivity index (χ0) is 21.0. The van der Waals surface area contributed by atoms with Crippen LogP contribution in [0.5, 0.6) is 0 Å². The zero-order valence-electron chi connectivity index (χ0n) is 15.8. The summed E-state index contributed by atoms with van der Waals surface area (Å²) < 4.78 is 25.4. The average Bonchev–Trinajstić information content (AvgIpc) is 2.78. The first-order valence-electron chi connectivity index (χ1n) is 9.16. The Hall–Kier alpha value is -2.12. The molecule has 4 aromatic carbocycles. The molecule has 0 saturated heterocycles. The van der Waals surface area contributed by atoms with Crippen molar-refractivity contribution in [2.24, 2.45) is 0 Å². The van der Waals surface area contributed by atoms with E-state index < -0.39 is 9.84 Å². The van der Waals surface area contributed by atoms with Crippen molar-refractivity contribution in [1.82, 2.24) is 0 Å². The number of rotatable bonds is 6. The standard InChI is InChI=1S/C24H18O2S4/c25-30(26,23-4-2-1-3-5-23)24-16-14-22(15-17-24)29-21-12-10-20(11-13-21)28-19-8-6-18(27)7-9-19/h1-17,27H. The van der Waals surface area contributed by atoms with Gasteiger partial charge in [0.15, 0.2) is 0 Å². The molecule has 30 heavy (non-hydrogen) atoms. The molecule has 0 atom stereocenters. The molecule has 0 aliphatic rings. The van der Waals surface area contributed by atoms with Gasteiger partial charge in [0.1, 0.15) is 0 Å². The normalized spacial score (nSPS) is 11.4. The molecule has 0 fully saturated rings. The van der Waals surface area contributed by atoms with Gasteiger partial charge in [-0.15, -0.1) is 12.6 Å². The molecule has 0 aliphatic heterocycles.